The van der Waals surface area contributed by atoms with Crippen molar-refractivity contribution in [3.63, 3.8) is 0 Å². The third-order valence-electron chi connectivity index (χ3n) is 3.26. The van der Waals surface area contributed by atoms with Gasteiger partial charge in [0.05, 0.1) is 6.04 Å². The molecule has 18 heavy (non-hydrogen) atoms. The molecule has 100 valence electrons. The Morgan fingerprint density at radius 1 is 1.28 bits per heavy atom. The number of nitrogens with zero attached hydrogens (tertiary/aromatic N) is 1. The van der Waals surface area contributed by atoms with Crippen LogP contribution in [-0.4, -0.2) is 29.8 Å². The molecular formula is C15H22ClNO. The normalized spacial score (nSPS) is 12.7. The third-order valence-corrected chi connectivity index (χ3v) is 3.51. The van der Waals surface area contributed by atoms with Crippen LogP contribution in [0.3, 0.4) is 0 Å². The van der Waals surface area contributed by atoms with E-state index < -0.39 is 0 Å². The van der Waals surface area contributed by atoms with Gasteiger partial charge in [-0.05, 0) is 50.7 Å². The number of hydrogen-bond donors (Lipinski definition) is 0. The summed E-state index contributed by atoms with van der Waals surface area (Å²) in [6.45, 7) is 8.13. The van der Waals surface area contributed by atoms with Gasteiger partial charge in [-0.3, -0.25) is 9.69 Å². The van der Waals surface area contributed by atoms with Gasteiger partial charge in [0.2, 0.25) is 0 Å². The SMILES string of the molecule is CCCCN(CC)C(C)C(=O)c1ccc(Cl)cc1. The topological polar surface area (TPSA) is 20.3 Å². The fourth-order valence-corrected chi connectivity index (χ4v) is 2.13. The smallest absolute Gasteiger partial charge is 0.179 e. The first-order valence-electron chi connectivity index (χ1n) is 6.64. The lowest BCUT2D eigenvalue weighted by molar-refractivity contribution is 0.0843. The summed E-state index contributed by atoms with van der Waals surface area (Å²) in [4.78, 5) is 14.6. The number of unbranched alkanes of at least 4 members (excludes halogenated alkanes) is 1. The molecule has 0 spiro atoms. The first-order valence-corrected chi connectivity index (χ1v) is 7.01. The van der Waals surface area contributed by atoms with Gasteiger partial charge in [-0.1, -0.05) is 31.9 Å². The summed E-state index contributed by atoms with van der Waals surface area (Å²) < 4.78 is 0. The maximum absolute atomic E-state index is 12.3. The Balaban J connectivity index is 2.72. The zero-order valence-corrected chi connectivity index (χ0v) is 12.2. The van der Waals surface area contributed by atoms with E-state index in [0.717, 1.165) is 31.5 Å². The molecule has 1 rings (SSSR count). The Kier molecular flexibility index (Phi) is 6.37. The van der Waals surface area contributed by atoms with Crippen LogP contribution in [0.1, 0.15) is 44.0 Å². The monoisotopic (exact) mass is 267 g/mol. The van der Waals surface area contributed by atoms with Crippen molar-refractivity contribution in [3.05, 3.63) is 34.9 Å². The van der Waals surface area contributed by atoms with Crippen LogP contribution in [0.2, 0.25) is 5.02 Å². The van der Waals surface area contributed by atoms with Crippen molar-refractivity contribution in [2.24, 2.45) is 0 Å². The molecule has 1 atom stereocenters. The largest absolute Gasteiger partial charge is 0.294 e. The maximum atomic E-state index is 12.3. The summed E-state index contributed by atoms with van der Waals surface area (Å²) in [5.74, 6) is 0.171. The zero-order chi connectivity index (χ0) is 13.5. The van der Waals surface area contributed by atoms with Gasteiger partial charge in [0.1, 0.15) is 0 Å². The van der Waals surface area contributed by atoms with E-state index in [4.69, 9.17) is 11.6 Å². The number of hydrogen-bond acceptors (Lipinski definition) is 2. The molecule has 0 radical (unpaired) electrons. The van der Waals surface area contributed by atoms with Gasteiger partial charge < -0.3 is 0 Å². The lowest BCUT2D eigenvalue weighted by Crippen LogP contribution is -2.39. The van der Waals surface area contributed by atoms with E-state index in [1.165, 1.54) is 0 Å². The molecular weight excluding hydrogens is 246 g/mol. The molecule has 2 nitrogen and oxygen atoms in total. The maximum Gasteiger partial charge on any atom is 0.179 e. The summed E-state index contributed by atoms with van der Waals surface area (Å²) in [6.07, 6.45) is 2.28. The van der Waals surface area contributed by atoms with Crippen molar-refractivity contribution in [1.82, 2.24) is 4.90 Å². The molecule has 0 aliphatic carbocycles. The second-order valence-electron chi connectivity index (χ2n) is 4.53. The number of carbonyl (C=O) groups excluding carboxylic acids is 1. The first kappa shape index (κ1) is 15.2. The van der Waals surface area contributed by atoms with Crippen LogP contribution >= 0.6 is 11.6 Å². The van der Waals surface area contributed by atoms with E-state index in [1.54, 1.807) is 24.3 Å². The molecule has 0 N–H and O–H groups in total. The van der Waals surface area contributed by atoms with Crippen LogP contribution < -0.4 is 0 Å². The molecule has 0 aliphatic rings. The van der Waals surface area contributed by atoms with E-state index in [9.17, 15) is 4.79 Å². The van der Waals surface area contributed by atoms with Crippen LogP contribution in [0, 0.1) is 0 Å². The van der Waals surface area contributed by atoms with Crippen LogP contribution in [0.15, 0.2) is 24.3 Å². The minimum absolute atomic E-state index is 0.0669. The van der Waals surface area contributed by atoms with Gasteiger partial charge in [-0.15, -0.1) is 0 Å². The number of carbonyl (C=O) groups is 1. The number of likely N-dealkylation sites (N-methyl/N-ethyl adjacent to an activating group) is 1. The van der Waals surface area contributed by atoms with Crippen molar-refractivity contribution in [1.29, 1.82) is 0 Å². The van der Waals surface area contributed by atoms with Crippen molar-refractivity contribution >= 4 is 17.4 Å². The quantitative estimate of drug-likeness (QED) is 0.695. The highest BCUT2D eigenvalue weighted by molar-refractivity contribution is 6.30. The lowest BCUT2D eigenvalue weighted by atomic mass is 10.0. The average molecular weight is 268 g/mol. The van der Waals surface area contributed by atoms with Crippen molar-refractivity contribution in [3.8, 4) is 0 Å². The number of ketones is 1. The van der Waals surface area contributed by atoms with Crippen LogP contribution in [-0.2, 0) is 0 Å². The van der Waals surface area contributed by atoms with Gasteiger partial charge in [-0.2, -0.15) is 0 Å². The van der Waals surface area contributed by atoms with Gasteiger partial charge in [0.15, 0.2) is 5.78 Å². The second-order valence-corrected chi connectivity index (χ2v) is 4.97. The van der Waals surface area contributed by atoms with Crippen LogP contribution in [0.25, 0.3) is 0 Å². The number of halogens is 1. The minimum atomic E-state index is -0.0669. The Morgan fingerprint density at radius 2 is 1.89 bits per heavy atom. The second kappa shape index (κ2) is 7.55. The Morgan fingerprint density at radius 3 is 2.39 bits per heavy atom. The summed E-state index contributed by atoms with van der Waals surface area (Å²) in [6, 6.07) is 7.07. The molecule has 0 bridgehead atoms. The third kappa shape index (κ3) is 4.11. The standard InChI is InChI=1S/C15H22ClNO/c1-4-6-11-17(5-2)12(3)15(18)13-7-9-14(16)10-8-13/h7-10,12H,4-6,11H2,1-3H3. The number of benzene rings is 1. The van der Waals surface area contributed by atoms with E-state index in [2.05, 4.69) is 18.7 Å². The molecule has 0 fully saturated rings. The molecule has 0 heterocycles. The summed E-state index contributed by atoms with van der Waals surface area (Å²) >= 11 is 5.83. The van der Waals surface area contributed by atoms with E-state index in [1.807, 2.05) is 6.92 Å². The zero-order valence-electron chi connectivity index (χ0n) is 11.4. The molecule has 0 saturated heterocycles. The van der Waals surface area contributed by atoms with Crippen molar-refractivity contribution in [2.45, 2.75) is 39.7 Å². The average Bonchev–Trinajstić information content (AvgIpc) is 2.39. The molecule has 0 saturated carbocycles. The molecule has 1 aromatic rings. The Hall–Kier alpha value is -0.860. The van der Waals surface area contributed by atoms with Gasteiger partial charge >= 0.3 is 0 Å². The Bertz CT molecular complexity index is 375. The van der Waals surface area contributed by atoms with Crippen molar-refractivity contribution < 1.29 is 4.79 Å². The fraction of sp³-hybridized carbons (Fsp3) is 0.533. The fourth-order valence-electron chi connectivity index (χ4n) is 2.01. The highest BCUT2D eigenvalue weighted by atomic mass is 35.5. The molecule has 1 aromatic carbocycles. The molecule has 1 unspecified atom stereocenters. The van der Waals surface area contributed by atoms with Gasteiger partial charge in [0.25, 0.3) is 0 Å². The lowest BCUT2D eigenvalue weighted by Gasteiger charge is -2.26. The summed E-state index contributed by atoms with van der Waals surface area (Å²) in [5, 5.41) is 0.664. The molecule has 0 amide bonds. The highest BCUT2D eigenvalue weighted by Crippen LogP contribution is 2.14. The van der Waals surface area contributed by atoms with Crippen molar-refractivity contribution in [2.75, 3.05) is 13.1 Å². The first-order chi connectivity index (χ1) is 8.60. The molecule has 0 aromatic heterocycles. The predicted molar refractivity (Wildman–Crippen MR) is 77.4 cm³/mol. The van der Waals surface area contributed by atoms with Gasteiger partial charge in [0, 0.05) is 10.6 Å². The summed E-state index contributed by atoms with van der Waals surface area (Å²) in [5.41, 5.74) is 0.738. The highest BCUT2D eigenvalue weighted by Gasteiger charge is 2.20. The van der Waals surface area contributed by atoms with E-state index in [-0.39, 0.29) is 11.8 Å². The van der Waals surface area contributed by atoms with E-state index in [0.29, 0.717) is 5.02 Å². The number of rotatable bonds is 7. The van der Waals surface area contributed by atoms with Crippen LogP contribution in [0.5, 0.6) is 0 Å². The van der Waals surface area contributed by atoms with E-state index >= 15 is 0 Å². The minimum Gasteiger partial charge on any atom is -0.294 e. The Labute approximate surface area is 115 Å². The van der Waals surface area contributed by atoms with Crippen LogP contribution in [0.4, 0.5) is 0 Å². The molecule has 3 heteroatoms. The number of Topliss-reactive ketones (excluding diaryl/α,β-unsaturated/α-hetero) is 1. The van der Waals surface area contributed by atoms with Gasteiger partial charge in [-0.25, -0.2) is 0 Å². The summed E-state index contributed by atoms with van der Waals surface area (Å²) in [7, 11) is 0. The predicted octanol–water partition coefficient (Wildman–Crippen LogP) is 4.03. The molecule has 0 aliphatic heterocycles.